The number of para-hydroxylation sites is 2. The first kappa shape index (κ1) is 21.4. The smallest absolute Gasteiger partial charge is 0.411 e. The van der Waals surface area contributed by atoms with Crippen LogP contribution >= 0.6 is 0 Å². The monoisotopic (exact) mass is 413 g/mol. The van der Waals surface area contributed by atoms with Crippen molar-refractivity contribution in [1.82, 2.24) is 0 Å². The van der Waals surface area contributed by atoms with E-state index in [1.165, 1.54) is 7.11 Å². The molecule has 2 N–H and O–H groups in total. The lowest BCUT2D eigenvalue weighted by Crippen LogP contribution is -2.45. The molecule has 2 aromatic rings. The molecule has 3 rings (SSSR count). The summed E-state index contributed by atoms with van der Waals surface area (Å²) < 4.78 is 15.9. The first-order valence-corrected chi connectivity index (χ1v) is 9.81. The molecule has 0 bridgehead atoms. The first-order valence-electron chi connectivity index (χ1n) is 9.81. The van der Waals surface area contributed by atoms with Gasteiger partial charge in [-0.3, -0.25) is 10.1 Å². The predicted molar refractivity (Wildman–Crippen MR) is 115 cm³/mol. The van der Waals surface area contributed by atoms with E-state index in [0.717, 1.165) is 18.8 Å². The summed E-state index contributed by atoms with van der Waals surface area (Å²) in [5.41, 5.74) is 2.20. The van der Waals surface area contributed by atoms with Gasteiger partial charge in [0.15, 0.2) is 6.61 Å². The Morgan fingerprint density at radius 1 is 1.03 bits per heavy atom. The number of benzene rings is 2. The van der Waals surface area contributed by atoms with E-state index in [1.807, 2.05) is 24.3 Å². The fourth-order valence-electron chi connectivity index (χ4n) is 3.34. The molecule has 0 spiro atoms. The summed E-state index contributed by atoms with van der Waals surface area (Å²) in [7, 11) is 1.28. The highest BCUT2D eigenvalue weighted by Crippen LogP contribution is 2.24. The van der Waals surface area contributed by atoms with Gasteiger partial charge in [0, 0.05) is 24.5 Å². The van der Waals surface area contributed by atoms with Crippen molar-refractivity contribution in [3.63, 3.8) is 0 Å². The molecule has 1 aliphatic heterocycles. The van der Waals surface area contributed by atoms with Crippen LogP contribution in [0.25, 0.3) is 0 Å². The summed E-state index contributed by atoms with van der Waals surface area (Å²) in [6.45, 7) is 5.61. The minimum atomic E-state index is -0.611. The van der Waals surface area contributed by atoms with Gasteiger partial charge in [0.2, 0.25) is 0 Å². The maximum atomic E-state index is 12.3. The zero-order chi connectivity index (χ0) is 21.5. The number of methoxy groups -OCH3 is 1. The number of carbonyl (C=O) groups excluding carboxylic acids is 2. The summed E-state index contributed by atoms with van der Waals surface area (Å²) >= 11 is 0. The van der Waals surface area contributed by atoms with Crippen LogP contribution in [0, 0.1) is 0 Å². The van der Waals surface area contributed by atoms with Crippen molar-refractivity contribution in [1.29, 1.82) is 0 Å². The van der Waals surface area contributed by atoms with Gasteiger partial charge in [0.1, 0.15) is 5.75 Å². The molecular weight excluding hydrogens is 386 g/mol. The molecule has 1 aliphatic rings. The molecule has 0 aliphatic carbocycles. The molecule has 8 heteroatoms. The van der Waals surface area contributed by atoms with Crippen LogP contribution in [0.15, 0.2) is 48.5 Å². The van der Waals surface area contributed by atoms with Crippen LogP contribution in [0.5, 0.6) is 5.75 Å². The second-order valence-electron chi connectivity index (χ2n) is 7.16. The van der Waals surface area contributed by atoms with E-state index in [9.17, 15) is 9.59 Å². The largest absolute Gasteiger partial charge is 0.482 e. The summed E-state index contributed by atoms with van der Waals surface area (Å²) in [4.78, 5) is 26.0. The van der Waals surface area contributed by atoms with Crippen LogP contribution < -0.4 is 20.3 Å². The van der Waals surface area contributed by atoms with Gasteiger partial charge in [0.05, 0.1) is 25.0 Å². The molecule has 1 saturated heterocycles. The van der Waals surface area contributed by atoms with Crippen molar-refractivity contribution in [3.8, 4) is 5.75 Å². The van der Waals surface area contributed by atoms with Crippen LogP contribution in [0.1, 0.15) is 13.8 Å². The molecule has 160 valence electrons. The Kier molecular flexibility index (Phi) is 7.13. The fourth-order valence-corrected chi connectivity index (χ4v) is 3.34. The number of carbonyl (C=O) groups is 2. The zero-order valence-corrected chi connectivity index (χ0v) is 17.4. The number of hydrogen-bond donors (Lipinski definition) is 2. The van der Waals surface area contributed by atoms with Crippen LogP contribution in [-0.2, 0) is 14.3 Å². The Morgan fingerprint density at radius 3 is 2.37 bits per heavy atom. The third kappa shape index (κ3) is 5.87. The number of hydrogen-bond acceptors (Lipinski definition) is 6. The lowest BCUT2D eigenvalue weighted by molar-refractivity contribution is -0.118. The second-order valence-corrected chi connectivity index (χ2v) is 7.16. The summed E-state index contributed by atoms with van der Waals surface area (Å²) in [5.74, 6) is 0.0770. The average Bonchev–Trinajstić information content (AvgIpc) is 2.73. The van der Waals surface area contributed by atoms with Crippen molar-refractivity contribution >= 4 is 29.1 Å². The molecule has 30 heavy (non-hydrogen) atoms. The Hall–Kier alpha value is -3.26. The van der Waals surface area contributed by atoms with E-state index in [4.69, 9.17) is 9.47 Å². The van der Waals surface area contributed by atoms with Crippen molar-refractivity contribution in [3.05, 3.63) is 48.5 Å². The average molecular weight is 413 g/mol. The highest BCUT2D eigenvalue weighted by atomic mass is 16.5. The van der Waals surface area contributed by atoms with Crippen LogP contribution in [0.3, 0.4) is 0 Å². The summed E-state index contributed by atoms with van der Waals surface area (Å²) in [6, 6.07) is 14.5. The standard InChI is InChI=1S/C22H27N3O5/c1-15-12-25(13-16(2)30-15)18-10-8-17(9-11-18)23-21(26)14-29-20-7-5-4-6-19(20)24-22(27)28-3/h4-11,15-16H,12-14H2,1-3H3,(H,23,26)(H,24,27)/t15-,16-/m0/s1. The van der Waals surface area contributed by atoms with E-state index in [1.54, 1.807) is 24.3 Å². The van der Waals surface area contributed by atoms with Crippen LogP contribution in [0.2, 0.25) is 0 Å². The summed E-state index contributed by atoms with van der Waals surface area (Å²) in [5, 5.41) is 5.36. The first-order chi connectivity index (χ1) is 14.4. The number of amides is 2. The fraction of sp³-hybridized carbons (Fsp3) is 0.364. The molecule has 1 heterocycles. The molecule has 0 unspecified atom stereocenters. The highest BCUT2D eigenvalue weighted by molar-refractivity contribution is 5.92. The number of anilines is 3. The Bertz CT molecular complexity index is 861. The topological polar surface area (TPSA) is 89.1 Å². The minimum absolute atomic E-state index is 0.182. The maximum Gasteiger partial charge on any atom is 0.411 e. The van der Waals surface area contributed by atoms with E-state index in [2.05, 4.69) is 34.1 Å². The van der Waals surface area contributed by atoms with Crippen LogP contribution in [-0.4, -0.2) is 51.0 Å². The third-order valence-electron chi connectivity index (χ3n) is 4.60. The molecule has 2 aromatic carbocycles. The molecule has 0 radical (unpaired) electrons. The maximum absolute atomic E-state index is 12.3. The normalized spacial score (nSPS) is 18.4. The molecule has 1 fully saturated rings. The van der Waals surface area contributed by atoms with E-state index in [-0.39, 0.29) is 24.7 Å². The Labute approximate surface area is 176 Å². The quantitative estimate of drug-likeness (QED) is 0.754. The molecule has 0 saturated carbocycles. The van der Waals surface area contributed by atoms with E-state index < -0.39 is 6.09 Å². The number of morpholine rings is 1. The van der Waals surface area contributed by atoms with Gasteiger partial charge in [-0.25, -0.2) is 4.79 Å². The molecule has 2 amide bonds. The van der Waals surface area contributed by atoms with Gasteiger partial charge >= 0.3 is 6.09 Å². The SMILES string of the molecule is COC(=O)Nc1ccccc1OCC(=O)Nc1ccc(N2C[C@H](C)O[C@@H](C)C2)cc1. The van der Waals surface area contributed by atoms with Gasteiger partial charge in [-0.15, -0.1) is 0 Å². The summed E-state index contributed by atoms with van der Waals surface area (Å²) in [6.07, 6.45) is -0.247. The molecule has 0 aromatic heterocycles. The van der Waals surface area contributed by atoms with Gasteiger partial charge < -0.3 is 24.4 Å². The molecular formula is C22H27N3O5. The lowest BCUT2D eigenvalue weighted by atomic mass is 10.2. The van der Waals surface area contributed by atoms with E-state index in [0.29, 0.717) is 17.1 Å². The third-order valence-corrected chi connectivity index (χ3v) is 4.60. The van der Waals surface area contributed by atoms with Gasteiger partial charge in [-0.2, -0.15) is 0 Å². The molecule has 2 atom stereocenters. The van der Waals surface area contributed by atoms with Gasteiger partial charge in [0.25, 0.3) is 5.91 Å². The minimum Gasteiger partial charge on any atom is -0.482 e. The van der Waals surface area contributed by atoms with Gasteiger partial charge in [-0.1, -0.05) is 12.1 Å². The van der Waals surface area contributed by atoms with Crippen molar-refractivity contribution in [2.45, 2.75) is 26.1 Å². The number of ether oxygens (including phenoxy) is 3. The zero-order valence-electron chi connectivity index (χ0n) is 17.4. The van der Waals surface area contributed by atoms with E-state index >= 15 is 0 Å². The predicted octanol–water partition coefficient (Wildman–Crippen LogP) is 3.50. The van der Waals surface area contributed by atoms with Crippen molar-refractivity contribution in [2.24, 2.45) is 0 Å². The highest BCUT2D eigenvalue weighted by Gasteiger charge is 2.22. The lowest BCUT2D eigenvalue weighted by Gasteiger charge is -2.36. The second kappa shape index (κ2) is 9.98. The number of rotatable bonds is 6. The van der Waals surface area contributed by atoms with Gasteiger partial charge in [-0.05, 0) is 50.2 Å². The Balaban J connectivity index is 1.54. The number of nitrogens with one attached hydrogen (secondary N) is 2. The van der Waals surface area contributed by atoms with Crippen molar-refractivity contribution in [2.75, 3.05) is 42.3 Å². The molecule has 8 nitrogen and oxygen atoms in total. The number of nitrogens with zero attached hydrogens (tertiary/aromatic N) is 1. The Morgan fingerprint density at radius 2 is 1.70 bits per heavy atom. The van der Waals surface area contributed by atoms with Crippen LogP contribution in [0.4, 0.5) is 21.9 Å². The van der Waals surface area contributed by atoms with Crippen molar-refractivity contribution < 1.29 is 23.8 Å².